The number of hydrogen-bond acceptors (Lipinski definition) is 10. The van der Waals surface area contributed by atoms with Crippen molar-refractivity contribution in [3.05, 3.63) is 52.9 Å². The summed E-state index contributed by atoms with van der Waals surface area (Å²) in [6, 6.07) is 13.3. The zero-order valence-electron chi connectivity index (χ0n) is 19.0. The Morgan fingerprint density at radius 3 is 2.65 bits per heavy atom. The van der Waals surface area contributed by atoms with E-state index in [2.05, 4.69) is 32.2 Å². The Hall–Kier alpha value is -3.34. The number of methoxy groups -OCH3 is 1. The van der Waals surface area contributed by atoms with Crippen molar-refractivity contribution >= 4 is 39.4 Å². The molecule has 9 nitrogen and oxygen atoms in total. The molecule has 2 aliphatic rings. The number of nitrogens with zero attached hydrogens (tertiary/aromatic N) is 3. The molecule has 3 aromatic rings. The second kappa shape index (κ2) is 9.88. The van der Waals surface area contributed by atoms with E-state index in [1.165, 1.54) is 17.0 Å². The molecule has 0 amide bonds. The van der Waals surface area contributed by atoms with Gasteiger partial charge in [-0.3, -0.25) is 9.69 Å². The van der Waals surface area contributed by atoms with Gasteiger partial charge in [-0.1, -0.05) is 11.3 Å². The van der Waals surface area contributed by atoms with Crippen LogP contribution >= 0.6 is 11.3 Å². The first-order chi connectivity index (χ1) is 16.6. The number of nitrogens with two attached hydrogens (primary N) is 1. The van der Waals surface area contributed by atoms with Gasteiger partial charge in [0.25, 0.3) is 0 Å². The van der Waals surface area contributed by atoms with Gasteiger partial charge < -0.3 is 30.2 Å². The number of piperazine rings is 1. The summed E-state index contributed by atoms with van der Waals surface area (Å²) in [6.07, 6.45) is 0. The van der Waals surface area contributed by atoms with Crippen molar-refractivity contribution in [2.75, 3.05) is 69.2 Å². The number of carbonyl (C=O) groups excluding carboxylic acids is 1. The molecule has 34 heavy (non-hydrogen) atoms. The summed E-state index contributed by atoms with van der Waals surface area (Å²) in [6.45, 7) is 5.95. The fourth-order valence-electron chi connectivity index (χ4n) is 4.05. The van der Waals surface area contributed by atoms with Gasteiger partial charge in [-0.25, -0.2) is 4.98 Å². The molecule has 10 heteroatoms. The molecule has 1 aromatic heterocycles. The number of hydrogen-bond donors (Lipinski definition) is 2. The number of fused-ring (bicyclic) bond motifs is 1. The molecule has 2 aliphatic heterocycles. The fraction of sp³-hybridized carbons (Fsp3) is 0.333. The van der Waals surface area contributed by atoms with E-state index in [0.717, 1.165) is 45.0 Å². The van der Waals surface area contributed by atoms with Crippen molar-refractivity contribution in [2.45, 2.75) is 0 Å². The number of benzene rings is 2. The maximum Gasteiger partial charge on any atom is 0.231 e. The predicted molar refractivity (Wildman–Crippen MR) is 133 cm³/mol. The number of carbonyl (C=O) groups is 1. The molecule has 0 atom stereocenters. The zero-order valence-corrected chi connectivity index (χ0v) is 19.8. The van der Waals surface area contributed by atoms with Crippen LogP contribution in [0.15, 0.2) is 42.5 Å². The topological polar surface area (TPSA) is 102 Å². The number of rotatable bonds is 8. The third kappa shape index (κ3) is 4.79. The van der Waals surface area contributed by atoms with Gasteiger partial charge in [-0.2, -0.15) is 0 Å². The van der Waals surface area contributed by atoms with E-state index in [0.29, 0.717) is 27.1 Å². The summed E-state index contributed by atoms with van der Waals surface area (Å²) in [4.78, 5) is 22.5. The number of thiazole rings is 1. The maximum atomic E-state index is 13.0. The lowest BCUT2D eigenvalue weighted by Crippen LogP contribution is -2.47. The van der Waals surface area contributed by atoms with Crippen molar-refractivity contribution in [2.24, 2.45) is 0 Å². The van der Waals surface area contributed by atoms with E-state index in [-0.39, 0.29) is 18.4 Å². The van der Waals surface area contributed by atoms with E-state index in [4.69, 9.17) is 19.9 Å². The Morgan fingerprint density at radius 1 is 1.12 bits per heavy atom. The van der Waals surface area contributed by atoms with Crippen molar-refractivity contribution in [1.82, 2.24) is 9.88 Å². The molecule has 0 saturated carbocycles. The first-order valence-electron chi connectivity index (χ1n) is 11.1. The van der Waals surface area contributed by atoms with Gasteiger partial charge in [0.2, 0.25) is 12.6 Å². The summed E-state index contributed by atoms with van der Waals surface area (Å²) >= 11 is 1.23. The first-order valence-corrected chi connectivity index (χ1v) is 12.0. The quantitative estimate of drug-likeness (QED) is 0.470. The molecule has 0 unspecified atom stereocenters. The highest BCUT2D eigenvalue weighted by atomic mass is 32.1. The van der Waals surface area contributed by atoms with Gasteiger partial charge in [-0.05, 0) is 42.5 Å². The molecular weight excluding hydrogens is 454 g/mol. The van der Waals surface area contributed by atoms with Gasteiger partial charge in [0.05, 0.1) is 6.61 Å². The average Bonchev–Trinajstić information content (AvgIpc) is 3.48. The van der Waals surface area contributed by atoms with Crippen LogP contribution in [0.2, 0.25) is 0 Å². The van der Waals surface area contributed by atoms with Crippen molar-refractivity contribution in [1.29, 1.82) is 0 Å². The summed E-state index contributed by atoms with van der Waals surface area (Å²) in [5.74, 6) is 1.20. The van der Waals surface area contributed by atoms with Crippen LogP contribution in [0.5, 0.6) is 11.5 Å². The lowest BCUT2D eigenvalue weighted by Gasteiger charge is -2.36. The monoisotopic (exact) mass is 481 g/mol. The number of nitrogen functional groups attached to an aromatic ring is 1. The van der Waals surface area contributed by atoms with Gasteiger partial charge >= 0.3 is 0 Å². The molecule has 1 fully saturated rings. The molecular formula is C24H27N5O4S. The Bertz CT molecular complexity index is 1160. The average molecular weight is 482 g/mol. The minimum absolute atomic E-state index is 0.160. The normalized spacial score (nSPS) is 15.5. The summed E-state index contributed by atoms with van der Waals surface area (Å²) in [5, 5.41) is 3.83. The standard InChI is InChI=1S/C24H27N5O4S/c1-31-13-12-28-8-10-29(11-9-28)18-5-3-17(4-6-18)26-24-27-23(25)22(34-24)21(30)16-2-7-19-20(14-16)33-15-32-19/h2-7,14H,8-13,15,25H2,1H3,(H,26,27). The van der Waals surface area contributed by atoms with Gasteiger partial charge in [0.15, 0.2) is 16.6 Å². The fourth-order valence-corrected chi connectivity index (χ4v) is 4.91. The Labute approximate surface area is 202 Å². The molecule has 3 N–H and O–H groups in total. The highest BCUT2D eigenvalue weighted by Crippen LogP contribution is 2.35. The summed E-state index contributed by atoms with van der Waals surface area (Å²) < 4.78 is 15.9. The van der Waals surface area contributed by atoms with Crippen molar-refractivity contribution in [3.8, 4) is 11.5 Å². The molecule has 0 aliphatic carbocycles. The van der Waals surface area contributed by atoms with Crippen molar-refractivity contribution < 1.29 is 19.0 Å². The number of ether oxygens (including phenoxy) is 3. The molecule has 3 heterocycles. The molecule has 5 rings (SSSR count). The Morgan fingerprint density at radius 2 is 1.88 bits per heavy atom. The van der Waals surface area contributed by atoms with E-state index >= 15 is 0 Å². The van der Waals surface area contributed by atoms with Crippen LogP contribution < -0.4 is 25.4 Å². The molecule has 1 saturated heterocycles. The molecule has 2 aromatic carbocycles. The third-order valence-electron chi connectivity index (χ3n) is 5.96. The summed E-state index contributed by atoms with van der Waals surface area (Å²) in [5.41, 5.74) is 8.63. The van der Waals surface area contributed by atoms with Gasteiger partial charge in [0.1, 0.15) is 10.7 Å². The Kier molecular flexibility index (Phi) is 6.52. The van der Waals surface area contributed by atoms with Crippen LogP contribution in [0.4, 0.5) is 22.3 Å². The molecule has 0 radical (unpaired) electrons. The van der Waals surface area contributed by atoms with E-state index in [1.807, 2.05) is 12.1 Å². The van der Waals surface area contributed by atoms with Crippen molar-refractivity contribution in [3.63, 3.8) is 0 Å². The highest BCUT2D eigenvalue weighted by molar-refractivity contribution is 7.18. The van der Waals surface area contributed by atoms with E-state index in [9.17, 15) is 4.79 Å². The van der Waals surface area contributed by atoms with Crippen LogP contribution in [0.1, 0.15) is 15.2 Å². The number of ketones is 1. The Balaban J connectivity index is 1.22. The molecule has 0 bridgehead atoms. The van der Waals surface area contributed by atoms with Gasteiger partial charge in [-0.15, -0.1) is 0 Å². The smallest absolute Gasteiger partial charge is 0.231 e. The first kappa shape index (κ1) is 22.5. The van der Waals surface area contributed by atoms with Crippen LogP contribution in [0.25, 0.3) is 0 Å². The SMILES string of the molecule is COCCN1CCN(c2ccc(Nc3nc(N)c(C(=O)c4ccc5c(c4)OCO5)s3)cc2)CC1. The summed E-state index contributed by atoms with van der Waals surface area (Å²) in [7, 11) is 1.74. The molecule has 178 valence electrons. The van der Waals surface area contributed by atoms with E-state index in [1.54, 1.807) is 25.3 Å². The van der Waals surface area contributed by atoms with Gasteiger partial charge in [0, 0.05) is 56.8 Å². The van der Waals surface area contributed by atoms with Crippen LogP contribution in [-0.2, 0) is 4.74 Å². The largest absolute Gasteiger partial charge is 0.454 e. The maximum absolute atomic E-state index is 13.0. The minimum Gasteiger partial charge on any atom is -0.454 e. The highest BCUT2D eigenvalue weighted by Gasteiger charge is 2.22. The van der Waals surface area contributed by atoms with Crippen LogP contribution in [0.3, 0.4) is 0 Å². The number of aromatic nitrogens is 1. The lowest BCUT2D eigenvalue weighted by molar-refractivity contribution is 0.104. The zero-order chi connectivity index (χ0) is 23.5. The van der Waals surface area contributed by atoms with Crippen LogP contribution in [-0.4, -0.2) is 68.9 Å². The third-order valence-corrected chi connectivity index (χ3v) is 6.95. The second-order valence-corrected chi connectivity index (χ2v) is 9.12. The number of nitrogens with one attached hydrogen (secondary N) is 1. The number of anilines is 4. The minimum atomic E-state index is -0.193. The van der Waals surface area contributed by atoms with Crippen LogP contribution in [0, 0.1) is 0 Å². The lowest BCUT2D eigenvalue weighted by atomic mass is 10.1. The predicted octanol–water partition coefficient (Wildman–Crippen LogP) is 3.20. The molecule has 0 spiro atoms. The second-order valence-electron chi connectivity index (χ2n) is 8.12. The van der Waals surface area contributed by atoms with E-state index < -0.39 is 0 Å².